The SMILES string of the molecule is C=CC[C@H](C)C(C1CCC1)S(N)(=O)=O. The Morgan fingerprint density at radius 3 is 2.43 bits per heavy atom. The van der Waals surface area contributed by atoms with E-state index in [1.165, 1.54) is 0 Å². The van der Waals surface area contributed by atoms with E-state index < -0.39 is 10.0 Å². The average Bonchev–Trinajstić information content (AvgIpc) is 1.94. The van der Waals surface area contributed by atoms with Gasteiger partial charge in [-0.25, -0.2) is 13.6 Å². The molecule has 0 radical (unpaired) electrons. The van der Waals surface area contributed by atoms with E-state index in [0.29, 0.717) is 0 Å². The minimum atomic E-state index is -3.39. The van der Waals surface area contributed by atoms with Crippen LogP contribution in [0.25, 0.3) is 0 Å². The third kappa shape index (κ3) is 2.58. The summed E-state index contributed by atoms with van der Waals surface area (Å²) in [5.74, 6) is 0.368. The minimum absolute atomic E-state index is 0.0906. The first-order valence-electron chi connectivity index (χ1n) is 5.09. The molecule has 3 nitrogen and oxygen atoms in total. The van der Waals surface area contributed by atoms with Gasteiger partial charge in [-0.05, 0) is 31.1 Å². The second-order valence-electron chi connectivity index (χ2n) is 4.25. The Labute approximate surface area is 86.4 Å². The first kappa shape index (κ1) is 11.7. The van der Waals surface area contributed by atoms with Crippen LogP contribution in [0.15, 0.2) is 12.7 Å². The third-order valence-corrected chi connectivity index (χ3v) is 4.70. The first-order valence-corrected chi connectivity index (χ1v) is 6.70. The fourth-order valence-electron chi connectivity index (χ4n) is 2.22. The van der Waals surface area contributed by atoms with Gasteiger partial charge in [-0.3, -0.25) is 0 Å². The quantitative estimate of drug-likeness (QED) is 0.712. The Morgan fingerprint density at radius 2 is 2.14 bits per heavy atom. The lowest BCUT2D eigenvalue weighted by atomic mass is 9.78. The molecule has 1 fully saturated rings. The molecule has 2 atom stereocenters. The molecule has 1 aliphatic carbocycles. The van der Waals surface area contributed by atoms with E-state index in [1.54, 1.807) is 6.08 Å². The molecule has 0 aromatic rings. The molecule has 0 heterocycles. The fourth-order valence-corrected chi connectivity index (χ4v) is 3.79. The Balaban J connectivity index is 2.75. The van der Waals surface area contributed by atoms with Gasteiger partial charge in [0.2, 0.25) is 10.0 Å². The van der Waals surface area contributed by atoms with E-state index in [4.69, 9.17) is 5.14 Å². The van der Waals surface area contributed by atoms with Crippen LogP contribution in [-0.2, 0) is 10.0 Å². The van der Waals surface area contributed by atoms with E-state index in [1.807, 2.05) is 6.92 Å². The molecule has 0 aliphatic heterocycles. The largest absolute Gasteiger partial charge is 0.228 e. The highest BCUT2D eigenvalue weighted by Crippen LogP contribution is 2.36. The number of hydrogen-bond acceptors (Lipinski definition) is 2. The molecule has 1 saturated carbocycles. The number of rotatable bonds is 5. The predicted molar refractivity (Wildman–Crippen MR) is 58.2 cm³/mol. The maximum atomic E-state index is 11.4. The van der Waals surface area contributed by atoms with Crippen molar-refractivity contribution >= 4 is 10.0 Å². The molecular weight excluding hydrogens is 198 g/mol. The lowest BCUT2D eigenvalue weighted by Crippen LogP contribution is -2.42. The molecule has 0 saturated heterocycles. The van der Waals surface area contributed by atoms with Crippen molar-refractivity contribution < 1.29 is 8.42 Å². The van der Waals surface area contributed by atoms with Crippen molar-refractivity contribution in [2.24, 2.45) is 17.0 Å². The maximum absolute atomic E-state index is 11.4. The zero-order valence-electron chi connectivity index (χ0n) is 8.65. The van der Waals surface area contributed by atoms with Crippen molar-refractivity contribution in [2.45, 2.75) is 37.9 Å². The topological polar surface area (TPSA) is 60.2 Å². The van der Waals surface area contributed by atoms with Gasteiger partial charge in [-0.15, -0.1) is 6.58 Å². The summed E-state index contributed by atoms with van der Waals surface area (Å²) in [7, 11) is -3.39. The highest BCUT2D eigenvalue weighted by molar-refractivity contribution is 7.89. The van der Waals surface area contributed by atoms with Crippen molar-refractivity contribution in [3.8, 4) is 0 Å². The average molecular weight is 217 g/mol. The predicted octanol–water partition coefficient (Wildman–Crippen LogP) is 1.66. The van der Waals surface area contributed by atoms with Gasteiger partial charge in [0.1, 0.15) is 0 Å². The normalized spacial score (nSPS) is 22.4. The molecule has 1 rings (SSSR count). The molecular formula is C10H19NO2S. The lowest BCUT2D eigenvalue weighted by molar-refractivity contribution is 0.259. The van der Waals surface area contributed by atoms with Crippen LogP contribution in [0.5, 0.6) is 0 Å². The number of hydrogen-bond donors (Lipinski definition) is 1. The van der Waals surface area contributed by atoms with Crippen molar-refractivity contribution in [3.63, 3.8) is 0 Å². The summed E-state index contributed by atoms with van der Waals surface area (Å²) in [5.41, 5.74) is 0. The van der Waals surface area contributed by atoms with E-state index in [0.717, 1.165) is 25.7 Å². The standard InChI is InChI=1S/C10H19NO2S/c1-3-5-8(2)10(14(11,12)13)9-6-4-7-9/h3,8-10H,1,4-7H2,2H3,(H2,11,12,13)/t8-,10?/m0/s1. The lowest BCUT2D eigenvalue weighted by Gasteiger charge is -2.35. The number of primary sulfonamides is 1. The van der Waals surface area contributed by atoms with Gasteiger partial charge in [0.25, 0.3) is 0 Å². The second kappa shape index (κ2) is 4.45. The highest BCUT2D eigenvalue weighted by Gasteiger charge is 2.37. The van der Waals surface area contributed by atoms with Crippen LogP contribution in [0.1, 0.15) is 32.6 Å². The molecule has 14 heavy (non-hydrogen) atoms. The molecule has 1 aliphatic rings. The summed E-state index contributed by atoms with van der Waals surface area (Å²) in [6.07, 6.45) is 5.63. The molecule has 0 bridgehead atoms. The second-order valence-corrected chi connectivity index (χ2v) is 5.97. The van der Waals surface area contributed by atoms with Gasteiger partial charge in [0.15, 0.2) is 0 Å². The fraction of sp³-hybridized carbons (Fsp3) is 0.800. The van der Waals surface area contributed by atoms with Crippen LogP contribution in [0.4, 0.5) is 0 Å². The first-order chi connectivity index (χ1) is 6.46. The van der Waals surface area contributed by atoms with Gasteiger partial charge in [-0.1, -0.05) is 19.4 Å². The van der Waals surface area contributed by atoms with E-state index in [9.17, 15) is 8.42 Å². The van der Waals surface area contributed by atoms with Gasteiger partial charge in [-0.2, -0.15) is 0 Å². The molecule has 4 heteroatoms. The summed E-state index contributed by atoms with van der Waals surface area (Å²) in [4.78, 5) is 0. The number of sulfonamides is 1. The zero-order chi connectivity index (χ0) is 10.8. The highest BCUT2D eigenvalue weighted by atomic mass is 32.2. The Morgan fingerprint density at radius 1 is 1.57 bits per heavy atom. The summed E-state index contributed by atoms with van der Waals surface area (Å²) in [6, 6.07) is 0. The smallest absolute Gasteiger partial charge is 0.212 e. The number of nitrogens with two attached hydrogens (primary N) is 1. The van der Waals surface area contributed by atoms with Crippen LogP contribution >= 0.6 is 0 Å². The Bertz CT molecular complexity index is 293. The van der Waals surface area contributed by atoms with Gasteiger partial charge in [0, 0.05) is 0 Å². The third-order valence-electron chi connectivity index (χ3n) is 3.09. The molecule has 0 aromatic carbocycles. The van der Waals surface area contributed by atoms with Gasteiger partial charge >= 0.3 is 0 Å². The summed E-state index contributed by atoms with van der Waals surface area (Å²) >= 11 is 0. The van der Waals surface area contributed by atoms with Crippen LogP contribution in [-0.4, -0.2) is 13.7 Å². The van der Waals surface area contributed by atoms with E-state index in [-0.39, 0.29) is 17.1 Å². The van der Waals surface area contributed by atoms with Crippen LogP contribution < -0.4 is 5.14 Å². The monoisotopic (exact) mass is 217 g/mol. The van der Waals surface area contributed by atoms with Gasteiger partial charge in [0.05, 0.1) is 5.25 Å². The van der Waals surface area contributed by atoms with E-state index in [2.05, 4.69) is 6.58 Å². The van der Waals surface area contributed by atoms with Crippen molar-refractivity contribution in [1.29, 1.82) is 0 Å². The van der Waals surface area contributed by atoms with Crippen LogP contribution in [0.3, 0.4) is 0 Å². The van der Waals surface area contributed by atoms with Crippen molar-refractivity contribution in [1.82, 2.24) is 0 Å². The van der Waals surface area contributed by atoms with Gasteiger partial charge < -0.3 is 0 Å². The molecule has 1 unspecified atom stereocenters. The van der Waals surface area contributed by atoms with Crippen molar-refractivity contribution in [2.75, 3.05) is 0 Å². The summed E-state index contributed by atoms with van der Waals surface area (Å²) < 4.78 is 22.9. The minimum Gasteiger partial charge on any atom is -0.228 e. The Hall–Kier alpha value is -0.350. The molecule has 0 amide bonds. The summed E-state index contributed by atoms with van der Waals surface area (Å²) in [6.45, 7) is 5.57. The Kier molecular flexibility index (Phi) is 3.72. The molecule has 0 aromatic heterocycles. The molecule has 82 valence electrons. The molecule has 2 N–H and O–H groups in total. The molecule has 0 spiro atoms. The summed E-state index contributed by atoms with van der Waals surface area (Å²) in [5, 5.41) is 4.89. The zero-order valence-corrected chi connectivity index (χ0v) is 9.46. The van der Waals surface area contributed by atoms with Crippen LogP contribution in [0, 0.1) is 11.8 Å². The maximum Gasteiger partial charge on any atom is 0.212 e. The van der Waals surface area contributed by atoms with Crippen LogP contribution in [0.2, 0.25) is 0 Å². The van der Waals surface area contributed by atoms with Crippen molar-refractivity contribution in [3.05, 3.63) is 12.7 Å². The van der Waals surface area contributed by atoms with E-state index >= 15 is 0 Å². The number of allylic oxidation sites excluding steroid dienone is 1.